The van der Waals surface area contributed by atoms with Crippen molar-refractivity contribution >= 4 is 44.1 Å². The fourth-order valence-corrected chi connectivity index (χ4v) is 18.6. The van der Waals surface area contributed by atoms with E-state index in [2.05, 4.69) is 48.1 Å². The largest absolute Gasteiger partial charge is 0.492 e. The predicted octanol–water partition coefficient (Wildman–Crippen LogP) is 10.1. The molecule has 0 unspecified atom stereocenters. The summed E-state index contributed by atoms with van der Waals surface area (Å²) in [7, 11) is 0. The smallest absolute Gasteiger partial charge is 0.264 e. The van der Waals surface area contributed by atoms with Gasteiger partial charge in [-0.3, -0.25) is 0 Å². The summed E-state index contributed by atoms with van der Waals surface area (Å²) in [6.07, 6.45) is 3.37. The van der Waals surface area contributed by atoms with Crippen LogP contribution in [0, 0.1) is 40.4 Å². The van der Waals surface area contributed by atoms with Crippen molar-refractivity contribution < 1.29 is 91.9 Å². The van der Waals surface area contributed by atoms with Gasteiger partial charge >= 0.3 is 0 Å². The lowest BCUT2D eigenvalue weighted by Crippen LogP contribution is -2.35. The van der Waals surface area contributed by atoms with Crippen molar-refractivity contribution in [3.63, 3.8) is 0 Å². The molecule has 8 aliphatic rings. The van der Waals surface area contributed by atoms with Gasteiger partial charge in [-0.1, -0.05) is 6.07 Å². The Morgan fingerprint density at radius 3 is 1.26 bits per heavy atom. The number of pyridine rings is 4. The molecule has 8 aromatic heterocycles. The lowest BCUT2D eigenvalue weighted by Gasteiger charge is -2.26. The maximum Gasteiger partial charge on any atom is 0.264 e. The van der Waals surface area contributed by atoms with Gasteiger partial charge in [0.1, 0.15) is 156 Å². The van der Waals surface area contributed by atoms with Gasteiger partial charge in [-0.25, -0.2) is 33.1 Å². The number of aliphatic hydroxyl groups excluding tert-OH is 8. The summed E-state index contributed by atoms with van der Waals surface area (Å²) in [5.41, 5.74) is 12.2. The number of nitrogens with one attached hydrogen (secondary N) is 4. The number of fused-ring (bicyclic) bond motifs is 8. The van der Waals surface area contributed by atoms with Crippen LogP contribution < -0.4 is 59.2 Å². The summed E-state index contributed by atoms with van der Waals surface area (Å²) in [4.78, 5) is 17.9. The van der Waals surface area contributed by atoms with Crippen LogP contribution in [-0.4, -0.2) is 204 Å². The Balaban J connectivity index is 0.000000117. The second kappa shape index (κ2) is 36.5. The van der Waals surface area contributed by atoms with Crippen molar-refractivity contribution in [2.24, 2.45) is 0 Å². The third kappa shape index (κ3) is 16.9. The number of aryl methyl sites for hydroxylation is 5. The zero-order valence-corrected chi connectivity index (χ0v) is 70.1. The first-order valence-corrected chi connectivity index (χ1v) is 42.7. The van der Waals surface area contributed by atoms with Crippen LogP contribution in [0.25, 0.3) is 44.1 Å². The molecule has 4 aromatic carbocycles. The SMILES string of the molecule is CCOc1cc(O[C@H]2C[C@@H](n3ccc4c(C)ccnc43)[C@H](O)[C@@H]2O)c2c(c1F)CCNC2.Cc1cc2c(c(O[C@H]3C[C@@H](n4ccc5c(C)ccnc54)[C@H](O)[C@@H]3O)c1)CNCCO2.Cc1ccnc2c1ccn2[C@@H]1C[C@H](Oc2cc(C(F)F)cc3c2CNCCO3)[C@@H](O)[C@H]1O.Cc1ccnc2c1ccn2[C@@H]1C[C@H](Oc2cccc3c2CN[C@@H](C)CO3)[C@@H](O)[C@H]1O. The van der Waals surface area contributed by atoms with Crippen molar-refractivity contribution in [1.82, 2.24) is 59.5 Å². The Morgan fingerprint density at radius 2 is 0.823 bits per heavy atom. The molecule has 17 atom stereocenters. The molecule has 4 aliphatic carbocycles. The molecule has 12 N–H and O–H groups in total. The minimum Gasteiger partial charge on any atom is -0.492 e. The van der Waals surface area contributed by atoms with Crippen LogP contribution in [-0.2, 0) is 32.6 Å². The summed E-state index contributed by atoms with van der Waals surface area (Å²) in [6, 6.07) is 28.4. The van der Waals surface area contributed by atoms with Crippen LogP contribution >= 0.6 is 0 Å². The molecule has 0 radical (unpaired) electrons. The average Bonchev–Trinajstić information content (AvgIpc) is 1.70. The molecule has 4 fully saturated rings. The summed E-state index contributed by atoms with van der Waals surface area (Å²) >= 11 is 0. The number of benzene rings is 4. The van der Waals surface area contributed by atoms with Crippen LogP contribution in [0.2, 0.25) is 0 Å². The number of hydrogen-bond acceptors (Lipinski definition) is 24. The number of alkyl halides is 2. The zero-order chi connectivity index (χ0) is 86.5. The Kier molecular flexibility index (Phi) is 25.2. The highest BCUT2D eigenvalue weighted by Gasteiger charge is 2.49. The first-order chi connectivity index (χ1) is 60.0. The Hall–Kier alpha value is -10.7. The van der Waals surface area contributed by atoms with Gasteiger partial charge in [-0.05, 0) is 174 Å². The highest BCUT2D eigenvalue weighted by molar-refractivity contribution is 5.82. The van der Waals surface area contributed by atoms with Crippen LogP contribution in [0.15, 0.2) is 147 Å². The minimum absolute atomic E-state index is 0.156. The monoisotopic (exact) mass is 1700 g/mol. The molecule has 20 rings (SSSR count). The fraction of sp³-hybridized carbons (Fsp3) is 0.441. The molecule has 28 nitrogen and oxygen atoms in total. The second-order valence-corrected chi connectivity index (χ2v) is 33.5. The number of hydrogen-bond donors (Lipinski definition) is 12. The van der Waals surface area contributed by atoms with Gasteiger partial charge in [0.05, 0.1) is 30.8 Å². The van der Waals surface area contributed by atoms with E-state index in [-0.39, 0.29) is 47.0 Å². The highest BCUT2D eigenvalue weighted by Crippen LogP contribution is 2.46. The second-order valence-electron chi connectivity index (χ2n) is 33.5. The molecule has 124 heavy (non-hydrogen) atoms. The van der Waals surface area contributed by atoms with Gasteiger partial charge < -0.3 is 118 Å². The third-order valence-electron chi connectivity index (χ3n) is 25.5. The van der Waals surface area contributed by atoms with E-state index in [1.54, 1.807) is 37.8 Å². The molecule has 31 heteroatoms. The van der Waals surface area contributed by atoms with Crippen molar-refractivity contribution in [2.75, 3.05) is 46.1 Å². The Morgan fingerprint density at radius 1 is 0.427 bits per heavy atom. The van der Waals surface area contributed by atoms with Crippen molar-refractivity contribution in [3.05, 3.63) is 214 Å². The fourth-order valence-electron chi connectivity index (χ4n) is 18.6. The van der Waals surface area contributed by atoms with E-state index in [0.29, 0.717) is 138 Å². The molecule has 0 saturated heterocycles. The summed E-state index contributed by atoms with van der Waals surface area (Å²) in [5, 5.41) is 104. The molecular formula is C93H107F3N12O16. The van der Waals surface area contributed by atoms with E-state index >= 15 is 0 Å². The van der Waals surface area contributed by atoms with E-state index in [0.717, 1.165) is 101 Å². The van der Waals surface area contributed by atoms with Gasteiger partial charge in [0.25, 0.3) is 6.43 Å². The number of nitrogens with zero attached hydrogens (tertiary/aromatic N) is 8. The van der Waals surface area contributed by atoms with Crippen molar-refractivity contribution in [3.8, 4) is 46.0 Å². The van der Waals surface area contributed by atoms with Gasteiger partial charge in [0, 0.05) is 182 Å². The first kappa shape index (κ1) is 85.5. The van der Waals surface area contributed by atoms with E-state index in [4.69, 9.17) is 37.9 Å². The first-order valence-electron chi connectivity index (χ1n) is 42.7. The number of aliphatic hydroxyl groups is 8. The van der Waals surface area contributed by atoms with Gasteiger partial charge in [-0.15, -0.1) is 0 Å². The summed E-state index contributed by atoms with van der Waals surface area (Å²) in [6.45, 7) is 20.0. The number of halogens is 3. The van der Waals surface area contributed by atoms with Crippen LogP contribution in [0.1, 0.15) is 131 Å². The molecule has 0 spiro atoms. The quantitative estimate of drug-likeness (QED) is 0.0454. The van der Waals surface area contributed by atoms with Crippen LogP contribution in [0.4, 0.5) is 13.2 Å². The number of ether oxygens (including phenoxy) is 8. The van der Waals surface area contributed by atoms with Gasteiger partial charge in [0.2, 0.25) is 0 Å². The Labute approximate surface area is 714 Å². The van der Waals surface area contributed by atoms with Gasteiger partial charge in [-0.2, -0.15) is 0 Å². The molecule has 0 amide bonds. The molecule has 4 aliphatic heterocycles. The third-order valence-corrected chi connectivity index (χ3v) is 25.5. The van der Waals surface area contributed by atoms with E-state index < -0.39 is 85.7 Å². The lowest BCUT2D eigenvalue weighted by atomic mass is 9.98. The van der Waals surface area contributed by atoms with E-state index in [9.17, 15) is 54.0 Å². The van der Waals surface area contributed by atoms with E-state index in [1.807, 2.05) is 157 Å². The van der Waals surface area contributed by atoms with Crippen LogP contribution in [0.3, 0.4) is 0 Å². The zero-order valence-electron chi connectivity index (χ0n) is 70.1. The summed E-state index contributed by atoms with van der Waals surface area (Å²) < 4.78 is 97.2. The topological polar surface area (TPSA) is 355 Å². The lowest BCUT2D eigenvalue weighted by molar-refractivity contribution is -0.0167. The number of aromatic nitrogens is 8. The van der Waals surface area contributed by atoms with E-state index in [1.165, 1.54) is 12.1 Å². The Bertz CT molecular complexity index is 5830. The molecular weight excluding hydrogens is 1600 g/mol. The molecule has 0 bridgehead atoms. The molecule has 12 heterocycles. The minimum atomic E-state index is -2.69. The number of rotatable bonds is 15. The predicted molar refractivity (Wildman–Crippen MR) is 456 cm³/mol. The van der Waals surface area contributed by atoms with Crippen molar-refractivity contribution in [1.29, 1.82) is 0 Å². The summed E-state index contributed by atoms with van der Waals surface area (Å²) in [5.74, 6) is 3.87. The van der Waals surface area contributed by atoms with Gasteiger partial charge in [0.15, 0.2) is 11.6 Å². The molecule has 656 valence electrons. The molecule has 4 saturated carbocycles. The standard InChI is InChI=1S/C24H28FN3O4.C23H25F2N3O4.2C23H27N3O4/c1-3-31-19-11-18(16-12-26-7-5-15(16)21(19)25)32-20-10-17(22(29)23(20)30)28-9-6-14-13(2)4-8-27-24(14)28;1-12-2-4-27-23-14(12)3-6-28(23)16-10-19(21(30)20(16)29)32-18-9-13(22(24)25)8-17-15(18)11-26-5-7-31-17;1-13-9-18-16(12-24-6-8-29-18)19(10-13)30-20-11-17(21(27)22(20)28)26-7-4-15-14(2)3-5-25-23(15)26;1-13-6-8-24-23-15(13)7-9-26(23)17-10-20(22(28)21(17)27)30-19-5-3-4-18-16(19)11-25-14(2)12-29-18/h4,6,8-9,11,17,20,22-23,26,29-30H,3,5,7,10,12H2,1-2H3;2-4,6,8-9,16,19-22,26,29-30H,5,7,10-11H2,1H3;3-5,7,9-10,17,20-22,24,27-28H,6,8,11-12H2,1-2H3;3-9,14,17,20-22,25,27-28H,10-12H2,1-2H3/t17-,20+,22+,23-;16-,19+,20+,21-;17-,20+,21+,22-;14-,17+,20-,21-,22+/m1110/s1. The van der Waals surface area contributed by atoms with Crippen molar-refractivity contribution in [2.45, 2.75) is 217 Å². The maximum absolute atomic E-state index is 14.9. The average molecular weight is 1710 g/mol. The normalized spacial score (nSPS) is 26.4. The maximum atomic E-state index is 14.9. The van der Waals surface area contributed by atoms with Crippen LogP contribution in [0.5, 0.6) is 46.0 Å². The highest BCUT2D eigenvalue weighted by atomic mass is 19.3. The molecule has 12 aromatic rings.